The molecule has 94 valence electrons. The smallest absolute Gasteiger partial charge is 0.0502 e. The second-order valence-corrected chi connectivity index (χ2v) is 5.61. The third kappa shape index (κ3) is 3.58. The van der Waals surface area contributed by atoms with E-state index in [1.165, 1.54) is 5.56 Å². The highest BCUT2D eigenvalue weighted by molar-refractivity contribution is 9.10. The Bertz CT molecular complexity index is 493. The van der Waals surface area contributed by atoms with Crippen LogP contribution in [0.5, 0.6) is 0 Å². The molecular weight excluding hydrogens is 312 g/mol. The van der Waals surface area contributed by atoms with Crippen LogP contribution in [0.1, 0.15) is 17.0 Å². The molecule has 1 atom stereocenters. The maximum absolute atomic E-state index is 9.52. The zero-order chi connectivity index (χ0) is 13.0. The summed E-state index contributed by atoms with van der Waals surface area (Å²) in [6.07, 6.45) is 0.825. The van der Waals surface area contributed by atoms with Crippen LogP contribution < -0.4 is 0 Å². The van der Waals surface area contributed by atoms with E-state index in [1.54, 1.807) is 0 Å². The predicted octanol–water partition coefficient (Wildman–Crippen LogP) is 4.42. The Morgan fingerprint density at radius 2 is 1.61 bits per heavy atom. The van der Waals surface area contributed by atoms with Gasteiger partial charge in [-0.25, -0.2) is 0 Å². The molecule has 0 radical (unpaired) electrons. The molecule has 0 saturated carbocycles. The van der Waals surface area contributed by atoms with Gasteiger partial charge >= 0.3 is 0 Å². The van der Waals surface area contributed by atoms with E-state index < -0.39 is 0 Å². The van der Waals surface area contributed by atoms with Crippen LogP contribution in [0.3, 0.4) is 0 Å². The first-order valence-corrected chi connectivity index (χ1v) is 6.97. The highest BCUT2D eigenvalue weighted by Gasteiger charge is 2.11. The summed E-state index contributed by atoms with van der Waals surface area (Å²) < 4.78 is 1.07. The number of hydrogen-bond donors (Lipinski definition) is 1. The van der Waals surface area contributed by atoms with Gasteiger partial charge < -0.3 is 5.11 Å². The van der Waals surface area contributed by atoms with Crippen molar-refractivity contribution in [1.82, 2.24) is 0 Å². The largest absolute Gasteiger partial charge is 0.396 e. The maximum Gasteiger partial charge on any atom is 0.0502 e. The first kappa shape index (κ1) is 13.6. The predicted molar refractivity (Wildman–Crippen MR) is 79.1 cm³/mol. The van der Waals surface area contributed by atoms with E-state index in [4.69, 9.17) is 11.6 Å². The summed E-state index contributed by atoms with van der Waals surface area (Å²) in [7, 11) is 0. The van der Waals surface area contributed by atoms with Crippen LogP contribution in [-0.4, -0.2) is 11.7 Å². The Morgan fingerprint density at radius 3 is 2.17 bits per heavy atom. The average molecular weight is 326 g/mol. The lowest BCUT2D eigenvalue weighted by atomic mass is 9.93. The van der Waals surface area contributed by atoms with Crippen LogP contribution in [-0.2, 0) is 6.42 Å². The summed E-state index contributed by atoms with van der Waals surface area (Å²) in [6.45, 7) is 0.137. The molecule has 0 bridgehead atoms. The Labute approximate surface area is 121 Å². The summed E-state index contributed by atoms with van der Waals surface area (Å²) in [5.41, 5.74) is 2.33. The van der Waals surface area contributed by atoms with Crippen molar-refractivity contribution in [2.24, 2.45) is 0 Å². The van der Waals surface area contributed by atoms with E-state index in [0.717, 1.165) is 21.5 Å². The Morgan fingerprint density at radius 1 is 1.00 bits per heavy atom. The lowest BCUT2D eigenvalue weighted by molar-refractivity contribution is 0.264. The molecule has 0 aromatic heterocycles. The normalized spacial score (nSPS) is 12.4. The second-order valence-electron chi connectivity index (χ2n) is 4.26. The number of hydrogen-bond acceptors (Lipinski definition) is 1. The van der Waals surface area contributed by atoms with Crippen LogP contribution in [0.25, 0.3) is 0 Å². The van der Waals surface area contributed by atoms with Crippen molar-refractivity contribution in [3.05, 3.63) is 69.2 Å². The number of benzene rings is 2. The minimum Gasteiger partial charge on any atom is -0.396 e. The summed E-state index contributed by atoms with van der Waals surface area (Å²) >= 11 is 9.29. The molecule has 0 saturated heterocycles. The lowest BCUT2D eigenvalue weighted by Gasteiger charge is -2.15. The SMILES string of the molecule is OCC(Cc1ccc(Br)cc1)c1ccc(Cl)cc1. The van der Waals surface area contributed by atoms with E-state index >= 15 is 0 Å². The number of rotatable bonds is 4. The molecule has 1 unspecified atom stereocenters. The Balaban J connectivity index is 2.14. The minimum atomic E-state index is 0.114. The zero-order valence-electron chi connectivity index (χ0n) is 9.81. The highest BCUT2D eigenvalue weighted by atomic mass is 79.9. The van der Waals surface area contributed by atoms with Gasteiger partial charge in [0.2, 0.25) is 0 Å². The van der Waals surface area contributed by atoms with Crippen molar-refractivity contribution in [2.45, 2.75) is 12.3 Å². The quantitative estimate of drug-likeness (QED) is 0.882. The number of aliphatic hydroxyl groups excluding tert-OH is 1. The van der Waals surface area contributed by atoms with Gasteiger partial charge in [-0.1, -0.05) is 51.8 Å². The minimum absolute atomic E-state index is 0.114. The summed E-state index contributed by atoms with van der Waals surface area (Å²) in [4.78, 5) is 0. The number of halogens is 2. The van der Waals surface area contributed by atoms with Crippen LogP contribution in [0.15, 0.2) is 53.0 Å². The Hall–Kier alpha value is -0.830. The van der Waals surface area contributed by atoms with Crippen molar-refractivity contribution >= 4 is 27.5 Å². The molecule has 2 rings (SSSR count). The fraction of sp³-hybridized carbons (Fsp3) is 0.200. The first-order valence-electron chi connectivity index (χ1n) is 5.80. The molecule has 0 heterocycles. The molecule has 18 heavy (non-hydrogen) atoms. The lowest BCUT2D eigenvalue weighted by Crippen LogP contribution is -2.07. The molecular formula is C15H14BrClO. The van der Waals surface area contributed by atoms with Crippen LogP contribution in [0, 0.1) is 0 Å². The standard InChI is InChI=1S/C15H14BrClO/c16-14-5-1-11(2-6-14)9-13(10-18)12-3-7-15(17)8-4-12/h1-8,13,18H,9-10H2. The van der Waals surface area contributed by atoms with Crippen LogP contribution >= 0.6 is 27.5 Å². The average Bonchev–Trinajstić information content (AvgIpc) is 2.39. The number of aliphatic hydroxyl groups is 1. The van der Waals surface area contributed by atoms with Gasteiger partial charge in [0.1, 0.15) is 0 Å². The fourth-order valence-corrected chi connectivity index (χ4v) is 2.32. The molecule has 2 aromatic carbocycles. The van der Waals surface area contributed by atoms with E-state index in [-0.39, 0.29) is 12.5 Å². The van der Waals surface area contributed by atoms with Gasteiger partial charge in [0.25, 0.3) is 0 Å². The third-order valence-electron chi connectivity index (χ3n) is 2.96. The van der Waals surface area contributed by atoms with E-state index in [9.17, 15) is 5.11 Å². The highest BCUT2D eigenvalue weighted by Crippen LogP contribution is 2.23. The van der Waals surface area contributed by atoms with Crippen molar-refractivity contribution in [3.63, 3.8) is 0 Å². The molecule has 1 N–H and O–H groups in total. The van der Waals surface area contributed by atoms with Gasteiger partial charge in [0.05, 0.1) is 6.61 Å². The van der Waals surface area contributed by atoms with Crippen molar-refractivity contribution in [1.29, 1.82) is 0 Å². The molecule has 2 aromatic rings. The van der Waals surface area contributed by atoms with E-state index in [2.05, 4.69) is 28.1 Å². The van der Waals surface area contributed by atoms with Gasteiger partial charge in [-0.3, -0.25) is 0 Å². The molecule has 0 aliphatic carbocycles. The first-order chi connectivity index (χ1) is 8.69. The van der Waals surface area contributed by atoms with E-state index in [0.29, 0.717) is 0 Å². The summed E-state index contributed by atoms with van der Waals surface area (Å²) in [6, 6.07) is 15.9. The van der Waals surface area contributed by atoms with Crippen molar-refractivity contribution in [2.75, 3.05) is 6.61 Å². The monoisotopic (exact) mass is 324 g/mol. The third-order valence-corrected chi connectivity index (χ3v) is 3.74. The van der Waals surface area contributed by atoms with Crippen LogP contribution in [0.4, 0.5) is 0 Å². The topological polar surface area (TPSA) is 20.2 Å². The van der Waals surface area contributed by atoms with Gasteiger partial charge in [-0.2, -0.15) is 0 Å². The summed E-state index contributed by atoms with van der Waals surface area (Å²) in [5.74, 6) is 0.114. The molecule has 0 spiro atoms. The second kappa shape index (κ2) is 6.37. The van der Waals surface area contributed by atoms with Gasteiger partial charge in [0.15, 0.2) is 0 Å². The molecule has 1 nitrogen and oxygen atoms in total. The molecule has 3 heteroatoms. The van der Waals surface area contributed by atoms with E-state index in [1.807, 2.05) is 36.4 Å². The fourth-order valence-electron chi connectivity index (χ4n) is 1.93. The van der Waals surface area contributed by atoms with Crippen LogP contribution in [0.2, 0.25) is 5.02 Å². The van der Waals surface area contributed by atoms with Gasteiger partial charge in [-0.15, -0.1) is 0 Å². The maximum atomic E-state index is 9.52. The summed E-state index contributed by atoms with van der Waals surface area (Å²) in [5, 5.41) is 10.2. The molecule has 0 amide bonds. The zero-order valence-corrected chi connectivity index (χ0v) is 12.2. The van der Waals surface area contributed by atoms with Gasteiger partial charge in [0, 0.05) is 15.4 Å². The molecule has 0 fully saturated rings. The molecule has 0 aliphatic heterocycles. The van der Waals surface area contributed by atoms with Crippen molar-refractivity contribution in [3.8, 4) is 0 Å². The van der Waals surface area contributed by atoms with Gasteiger partial charge in [-0.05, 0) is 41.8 Å². The van der Waals surface area contributed by atoms with Crippen molar-refractivity contribution < 1.29 is 5.11 Å². The molecule has 0 aliphatic rings. The Kier molecular flexibility index (Phi) is 4.81.